The van der Waals surface area contributed by atoms with Gasteiger partial charge in [-0.15, -0.1) is 0 Å². The quantitative estimate of drug-likeness (QED) is 0.0836. The van der Waals surface area contributed by atoms with Crippen LogP contribution in [0.4, 0.5) is 5.69 Å². The fourth-order valence-electron chi connectivity index (χ4n) is 5.92. The maximum atomic E-state index is 14.0. The van der Waals surface area contributed by atoms with Gasteiger partial charge in [-0.05, 0) is 51.2 Å². The lowest BCUT2D eigenvalue weighted by Gasteiger charge is -2.28. The highest BCUT2D eigenvalue weighted by atomic mass is 16.3. The molecule has 0 saturated heterocycles. The maximum absolute atomic E-state index is 14.0. The van der Waals surface area contributed by atoms with Gasteiger partial charge >= 0.3 is 0 Å². The number of nitrogens with one attached hydrogen (secondary N) is 4. The predicted molar refractivity (Wildman–Crippen MR) is 208 cm³/mol. The zero-order valence-corrected chi connectivity index (χ0v) is 33.9. The number of hydrogen-bond acceptors (Lipinski definition) is 12. The Bertz CT molecular complexity index is 2040. The van der Waals surface area contributed by atoms with Crippen molar-refractivity contribution in [3.63, 3.8) is 0 Å². The maximum Gasteiger partial charge on any atom is 0.256 e. The monoisotopic (exact) mass is 782 g/mol. The lowest BCUT2D eigenvalue weighted by Crippen LogP contribution is -2.58. The first-order valence-corrected chi connectivity index (χ1v) is 18.1. The number of aliphatic hydroxyl groups excluding tert-OH is 2. The molecule has 1 aliphatic heterocycles. The fourth-order valence-corrected chi connectivity index (χ4v) is 5.92. The second-order valence-corrected chi connectivity index (χ2v) is 15.1. The second-order valence-electron chi connectivity index (χ2n) is 15.1. The Morgan fingerprint density at radius 2 is 1.16 bits per heavy atom. The third kappa shape index (κ3) is 9.42. The molecule has 8 N–H and O–H groups in total. The molecular weight excluding hydrogens is 728 g/mol. The average Bonchev–Trinajstić information content (AvgIpc) is 3.11. The van der Waals surface area contributed by atoms with Gasteiger partial charge in [0.15, 0.2) is 11.3 Å². The van der Waals surface area contributed by atoms with Gasteiger partial charge in [-0.2, -0.15) is 0 Å². The van der Waals surface area contributed by atoms with E-state index in [0.717, 1.165) is 0 Å². The number of rotatable bonds is 14. The first kappa shape index (κ1) is 44.8. The smallest absolute Gasteiger partial charge is 0.256 e. The number of aromatic nitrogens is 1. The van der Waals surface area contributed by atoms with Gasteiger partial charge < -0.3 is 51.4 Å². The molecule has 56 heavy (non-hydrogen) atoms. The number of nitrogens with two attached hydrogens (primary N) is 1. The summed E-state index contributed by atoms with van der Waals surface area (Å²) in [7, 11) is 6.10. The number of nitrogen functional groups attached to an aromatic ring is 1. The van der Waals surface area contributed by atoms with Crippen LogP contribution in [0.15, 0.2) is 21.3 Å². The summed E-state index contributed by atoms with van der Waals surface area (Å²) in [6, 6.07) is -2.18. The molecule has 306 valence electrons. The Labute approximate surface area is 324 Å². The third-order valence-electron chi connectivity index (χ3n) is 9.32. The van der Waals surface area contributed by atoms with Crippen molar-refractivity contribution in [2.75, 3.05) is 33.9 Å². The number of hydrogen-bond donors (Lipinski definition) is 7. The van der Waals surface area contributed by atoms with Crippen LogP contribution in [0.2, 0.25) is 0 Å². The molecule has 18 nitrogen and oxygen atoms in total. The van der Waals surface area contributed by atoms with Gasteiger partial charge in [-0.1, -0.05) is 33.8 Å². The summed E-state index contributed by atoms with van der Waals surface area (Å²) in [5.74, 6) is -5.33. The Balaban J connectivity index is 2.15. The summed E-state index contributed by atoms with van der Waals surface area (Å²) in [4.78, 5) is 101. The summed E-state index contributed by atoms with van der Waals surface area (Å²) in [5.41, 5.74) is 4.38. The van der Waals surface area contributed by atoms with E-state index < -0.39 is 82.6 Å². The zero-order chi connectivity index (χ0) is 42.7. The first-order valence-electron chi connectivity index (χ1n) is 18.1. The Kier molecular flexibility index (Phi) is 14.3. The fraction of sp³-hybridized carbons (Fsp3) is 0.526. The van der Waals surface area contributed by atoms with Crippen molar-refractivity contribution in [3.05, 3.63) is 44.6 Å². The highest BCUT2D eigenvalue weighted by Gasteiger charge is 2.36. The SMILES string of the molecule is Cc1c2oc3c(C)ccc(C(=O)NC(C(=O)NC(C(=O)N(C)C)C(C)C)C(C)O)c3nc-2c(C(=O)NC(C(=O)NC(C(=O)N(C)C)C(C)C)C(C)O)c(N)c1=O. The van der Waals surface area contributed by atoms with Gasteiger partial charge in [-0.3, -0.25) is 33.6 Å². The van der Waals surface area contributed by atoms with E-state index in [0.29, 0.717) is 5.56 Å². The molecule has 1 aromatic rings. The minimum Gasteiger partial charge on any atom is -0.452 e. The summed E-state index contributed by atoms with van der Waals surface area (Å²) in [6.07, 6.45) is -2.90. The number of carbonyl (C=O) groups is 6. The van der Waals surface area contributed by atoms with E-state index in [9.17, 15) is 43.8 Å². The molecule has 1 heterocycles. The predicted octanol–water partition coefficient (Wildman–Crippen LogP) is -0.0918. The highest BCUT2D eigenvalue weighted by molar-refractivity contribution is 6.10. The standard InChI is InChI=1S/C38H54N8O10/c1-15(2)24(37(54)45(9)10)41-35(52)26(19(7)47)43-33(50)21-14-13-17(5)31-28(21)40-29-22(23(39)30(49)18(6)32(29)56-31)34(51)44-27(20(8)48)36(53)42-25(16(3)4)38(55)46(11)12/h13-16,19-20,24-27,47-48H,39H2,1-12H3,(H,41,52)(H,42,53)(H,43,50)(H,44,51). The minimum absolute atomic E-state index is 0.0117. The summed E-state index contributed by atoms with van der Waals surface area (Å²) < 4.78 is 6.16. The highest BCUT2D eigenvalue weighted by Crippen LogP contribution is 2.34. The normalized spacial score (nSPS) is 14.7. The molecule has 1 aliphatic carbocycles. The van der Waals surface area contributed by atoms with E-state index in [1.165, 1.54) is 70.9 Å². The summed E-state index contributed by atoms with van der Waals surface area (Å²) in [5, 5.41) is 31.3. The van der Waals surface area contributed by atoms with Crippen LogP contribution in [0, 0.1) is 25.7 Å². The van der Waals surface area contributed by atoms with Gasteiger partial charge in [0.1, 0.15) is 35.4 Å². The Morgan fingerprint density at radius 3 is 1.57 bits per heavy atom. The van der Waals surface area contributed by atoms with E-state index >= 15 is 0 Å². The van der Waals surface area contributed by atoms with Crippen LogP contribution >= 0.6 is 0 Å². The number of nitrogens with zero attached hydrogens (tertiary/aromatic N) is 3. The average molecular weight is 783 g/mol. The molecule has 0 saturated carbocycles. The van der Waals surface area contributed by atoms with Crippen molar-refractivity contribution >= 4 is 52.2 Å². The van der Waals surface area contributed by atoms with Crippen molar-refractivity contribution in [2.45, 2.75) is 91.8 Å². The molecule has 2 aliphatic rings. The van der Waals surface area contributed by atoms with E-state index in [-0.39, 0.29) is 51.4 Å². The van der Waals surface area contributed by atoms with E-state index in [2.05, 4.69) is 26.3 Å². The molecule has 0 fully saturated rings. The topological polar surface area (TPSA) is 267 Å². The zero-order valence-electron chi connectivity index (χ0n) is 33.9. The summed E-state index contributed by atoms with van der Waals surface area (Å²) in [6.45, 7) is 12.5. The molecule has 0 spiro atoms. The molecule has 6 atom stereocenters. The van der Waals surface area contributed by atoms with Gasteiger partial charge in [0.05, 0.1) is 29.0 Å². The Hall–Kier alpha value is -5.62. The molecular formula is C38H54N8O10. The van der Waals surface area contributed by atoms with Gasteiger partial charge in [-0.25, -0.2) is 4.98 Å². The second kappa shape index (κ2) is 17.9. The van der Waals surface area contributed by atoms with E-state index in [1.54, 1.807) is 34.6 Å². The van der Waals surface area contributed by atoms with E-state index in [4.69, 9.17) is 10.2 Å². The Morgan fingerprint density at radius 1 is 0.714 bits per heavy atom. The van der Waals surface area contributed by atoms with Crippen LogP contribution in [0.3, 0.4) is 0 Å². The van der Waals surface area contributed by atoms with Gasteiger partial charge in [0.2, 0.25) is 29.1 Å². The molecule has 6 amide bonds. The number of anilines is 1. The summed E-state index contributed by atoms with van der Waals surface area (Å²) >= 11 is 0. The molecule has 0 radical (unpaired) electrons. The molecule has 0 bridgehead atoms. The van der Waals surface area contributed by atoms with Crippen LogP contribution in [0.1, 0.15) is 73.4 Å². The number of carbonyl (C=O) groups excluding carboxylic acids is 6. The number of aliphatic hydroxyl groups is 2. The largest absolute Gasteiger partial charge is 0.452 e. The van der Waals surface area contributed by atoms with Crippen molar-refractivity contribution in [2.24, 2.45) is 11.8 Å². The van der Waals surface area contributed by atoms with Crippen molar-refractivity contribution in [3.8, 4) is 11.5 Å². The van der Waals surface area contributed by atoms with Crippen LogP contribution in [-0.2, 0) is 19.2 Å². The van der Waals surface area contributed by atoms with Crippen molar-refractivity contribution in [1.82, 2.24) is 36.1 Å². The van der Waals surface area contributed by atoms with Crippen LogP contribution in [0.5, 0.6) is 0 Å². The molecule has 1 aromatic carbocycles. The molecule has 0 aromatic heterocycles. The molecule has 3 rings (SSSR count). The van der Waals surface area contributed by atoms with E-state index in [1.807, 2.05) is 0 Å². The lowest BCUT2D eigenvalue weighted by molar-refractivity contribution is -0.137. The third-order valence-corrected chi connectivity index (χ3v) is 9.32. The first-order chi connectivity index (χ1) is 25.9. The number of aryl methyl sites for hydroxylation is 1. The number of benzene rings is 2. The lowest BCUT2D eigenvalue weighted by atomic mass is 9.98. The molecule has 6 unspecified atom stereocenters. The van der Waals surface area contributed by atoms with Crippen molar-refractivity contribution < 1.29 is 43.4 Å². The van der Waals surface area contributed by atoms with Crippen LogP contribution in [-0.4, -0.2) is 125 Å². The van der Waals surface area contributed by atoms with Crippen LogP contribution < -0.4 is 32.4 Å². The van der Waals surface area contributed by atoms with Gasteiger partial charge in [0.25, 0.3) is 11.8 Å². The number of fused-ring (bicyclic) bond motifs is 2. The van der Waals surface area contributed by atoms with Crippen molar-refractivity contribution in [1.29, 1.82) is 0 Å². The van der Waals surface area contributed by atoms with Gasteiger partial charge in [0, 0.05) is 33.8 Å². The number of amides is 6. The number of likely N-dealkylation sites (N-methyl/N-ethyl adjacent to an activating group) is 2. The minimum atomic E-state index is -1.63. The van der Waals surface area contributed by atoms with Crippen LogP contribution in [0.25, 0.3) is 22.6 Å². The molecule has 18 heteroatoms.